The van der Waals surface area contributed by atoms with Crippen LogP contribution in [0.25, 0.3) is 0 Å². The first-order valence-corrected chi connectivity index (χ1v) is 8.06. The summed E-state index contributed by atoms with van der Waals surface area (Å²) in [6.45, 7) is 0. The van der Waals surface area contributed by atoms with Crippen LogP contribution in [-0.4, -0.2) is 14.4 Å². The van der Waals surface area contributed by atoms with E-state index in [4.69, 9.17) is 0 Å². The predicted octanol–water partition coefficient (Wildman–Crippen LogP) is 3.45. The van der Waals surface area contributed by atoms with Gasteiger partial charge in [0.1, 0.15) is 0 Å². The van der Waals surface area contributed by atoms with Gasteiger partial charge in [0.05, 0.1) is 0 Å². The van der Waals surface area contributed by atoms with E-state index in [0.29, 0.717) is 0 Å². The molecular formula is C10H8S2Se. The van der Waals surface area contributed by atoms with Crippen molar-refractivity contribution in [2.24, 2.45) is 0 Å². The van der Waals surface area contributed by atoms with Gasteiger partial charge >= 0.3 is 92.0 Å². The molecule has 2 rings (SSSR count). The molecule has 0 saturated heterocycles. The molecule has 0 aromatic rings. The molecule has 2 heterocycles. The van der Waals surface area contributed by atoms with E-state index in [1.807, 2.05) is 0 Å². The van der Waals surface area contributed by atoms with Gasteiger partial charge in [-0.3, -0.25) is 0 Å². The minimum absolute atomic E-state index is 0.156. The summed E-state index contributed by atoms with van der Waals surface area (Å²) in [6.07, 6.45) is 12.7. The number of hydrogen-bond donors (Lipinski definition) is 0. The first-order chi connectivity index (χ1) is 6.38. The summed E-state index contributed by atoms with van der Waals surface area (Å²) in [4.78, 5) is 2.75. The molecule has 3 heteroatoms. The zero-order valence-corrected chi connectivity index (χ0v) is 10.2. The minimum atomic E-state index is 0.156. The molecule has 13 heavy (non-hydrogen) atoms. The second-order valence-electron chi connectivity index (χ2n) is 2.52. The van der Waals surface area contributed by atoms with Gasteiger partial charge in [-0.1, -0.05) is 0 Å². The van der Waals surface area contributed by atoms with E-state index in [9.17, 15) is 0 Å². The van der Waals surface area contributed by atoms with Crippen LogP contribution in [0, 0.1) is 0 Å². The van der Waals surface area contributed by atoms with Crippen LogP contribution in [0.3, 0.4) is 0 Å². The van der Waals surface area contributed by atoms with Crippen LogP contribution in [0.15, 0.2) is 57.1 Å². The second kappa shape index (κ2) is 4.43. The van der Waals surface area contributed by atoms with Crippen molar-refractivity contribution in [1.82, 2.24) is 0 Å². The van der Waals surface area contributed by atoms with Gasteiger partial charge in [0, 0.05) is 0 Å². The van der Waals surface area contributed by atoms with E-state index in [1.165, 1.54) is 9.81 Å². The van der Waals surface area contributed by atoms with Crippen molar-refractivity contribution in [1.29, 1.82) is 0 Å². The predicted molar refractivity (Wildman–Crippen MR) is 64.5 cm³/mol. The third kappa shape index (κ3) is 2.23. The SMILES string of the molecule is [Se]=S1C=CC=CC1=C1C=CC=CS1. The van der Waals surface area contributed by atoms with E-state index >= 15 is 0 Å². The summed E-state index contributed by atoms with van der Waals surface area (Å²) in [5.41, 5.74) is 0. The molecule has 0 aromatic carbocycles. The molecule has 0 aromatic heterocycles. The number of rotatable bonds is 0. The Morgan fingerprint density at radius 2 is 1.92 bits per heavy atom. The van der Waals surface area contributed by atoms with Gasteiger partial charge in [0.25, 0.3) is 0 Å². The molecule has 0 spiro atoms. The molecule has 2 aliphatic rings. The van der Waals surface area contributed by atoms with Crippen molar-refractivity contribution in [2.45, 2.75) is 0 Å². The molecule has 1 atom stereocenters. The topological polar surface area (TPSA) is 0 Å². The van der Waals surface area contributed by atoms with Gasteiger partial charge < -0.3 is 0 Å². The van der Waals surface area contributed by atoms with Crippen molar-refractivity contribution in [2.75, 3.05) is 0 Å². The molecule has 66 valence electrons. The molecule has 0 radical (unpaired) electrons. The Morgan fingerprint density at radius 1 is 1.08 bits per heavy atom. The molecule has 0 saturated carbocycles. The fourth-order valence-corrected chi connectivity index (χ4v) is 4.67. The molecule has 0 fully saturated rings. The van der Waals surface area contributed by atoms with Crippen molar-refractivity contribution in [3.63, 3.8) is 0 Å². The molecule has 0 bridgehead atoms. The average molecular weight is 271 g/mol. The summed E-state index contributed by atoms with van der Waals surface area (Å²) in [5.74, 6) is 0. The van der Waals surface area contributed by atoms with Crippen LogP contribution < -0.4 is 0 Å². The van der Waals surface area contributed by atoms with Gasteiger partial charge in [-0.25, -0.2) is 0 Å². The monoisotopic (exact) mass is 272 g/mol. The summed E-state index contributed by atoms with van der Waals surface area (Å²) in [7, 11) is 0.156. The average Bonchev–Trinajstić information content (AvgIpc) is 2.20. The Bertz CT molecular complexity index is 384. The fourth-order valence-electron chi connectivity index (χ4n) is 1.06. The maximum atomic E-state index is 3.19. The van der Waals surface area contributed by atoms with Crippen LogP contribution in [-0.2, 0) is 0 Å². The second-order valence-corrected chi connectivity index (χ2v) is 7.03. The quantitative estimate of drug-likeness (QED) is 0.608. The number of thioether (sulfide) groups is 1. The zero-order valence-electron chi connectivity index (χ0n) is 6.84. The Balaban J connectivity index is 2.38. The maximum absolute atomic E-state index is 3.19. The zero-order chi connectivity index (χ0) is 9.10. The molecular weight excluding hydrogens is 263 g/mol. The van der Waals surface area contributed by atoms with Crippen LogP contribution in [0.5, 0.6) is 0 Å². The Kier molecular flexibility index (Phi) is 3.23. The van der Waals surface area contributed by atoms with E-state index in [-0.39, 0.29) is 8.82 Å². The first kappa shape index (κ1) is 9.47. The van der Waals surface area contributed by atoms with Crippen LogP contribution >= 0.6 is 20.6 Å². The van der Waals surface area contributed by atoms with E-state index in [1.54, 1.807) is 11.8 Å². The van der Waals surface area contributed by atoms with Crippen LogP contribution in [0.4, 0.5) is 0 Å². The molecule has 0 N–H and O–H groups in total. The van der Waals surface area contributed by atoms with Gasteiger partial charge in [-0.15, -0.1) is 0 Å². The summed E-state index contributed by atoms with van der Waals surface area (Å²) >= 11 is 4.97. The third-order valence-electron chi connectivity index (χ3n) is 1.65. The fraction of sp³-hybridized carbons (Fsp3) is 0. The Morgan fingerprint density at radius 3 is 2.62 bits per heavy atom. The molecule has 1 unspecified atom stereocenters. The normalized spacial score (nSPS) is 31.2. The Hall–Kier alpha value is -0.0805. The van der Waals surface area contributed by atoms with Gasteiger partial charge in [-0.05, 0) is 0 Å². The molecule has 0 nitrogen and oxygen atoms in total. The standard InChI is InChI=1S/C10H8S2Se/c13-12-8-4-2-6-10(12)9-5-1-3-7-11-9/h1-8H. The van der Waals surface area contributed by atoms with Crippen molar-refractivity contribution in [3.8, 4) is 0 Å². The van der Waals surface area contributed by atoms with Crippen molar-refractivity contribution in [3.05, 3.63) is 57.1 Å². The van der Waals surface area contributed by atoms with Gasteiger partial charge in [-0.2, -0.15) is 0 Å². The number of hydrogen-bond acceptors (Lipinski definition) is 1. The summed E-state index contributed by atoms with van der Waals surface area (Å²) in [5, 5.41) is 4.32. The van der Waals surface area contributed by atoms with Gasteiger partial charge in [0.2, 0.25) is 0 Å². The van der Waals surface area contributed by atoms with E-state index in [2.05, 4.69) is 61.7 Å². The molecule has 0 aliphatic carbocycles. The third-order valence-corrected chi connectivity index (χ3v) is 5.71. The summed E-state index contributed by atoms with van der Waals surface area (Å²) < 4.78 is 0. The Labute approximate surface area is 91.8 Å². The van der Waals surface area contributed by atoms with Crippen molar-refractivity contribution < 1.29 is 0 Å². The van der Waals surface area contributed by atoms with E-state index in [0.717, 1.165) is 0 Å². The van der Waals surface area contributed by atoms with Crippen LogP contribution in [0.1, 0.15) is 0 Å². The molecule has 0 amide bonds. The number of allylic oxidation sites excluding steroid dienone is 6. The molecule has 2 aliphatic heterocycles. The van der Waals surface area contributed by atoms with Crippen LogP contribution in [0.2, 0.25) is 0 Å². The first-order valence-electron chi connectivity index (χ1n) is 3.87. The summed E-state index contributed by atoms with van der Waals surface area (Å²) in [6, 6.07) is 0. The van der Waals surface area contributed by atoms with Crippen molar-refractivity contribution >= 4 is 35.0 Å². The van der Waals surface area contributed by atoms with Gasteiger partial charge in [0.15, 0.2) is 0 Å². The van der Waals surface area contributed by atoms with E-state index < -0.39 is 0 Å².